The van der Waals surface area contributed by atoms with E-state index in [2.05, 4.69) is 25.9 Å². The molecule has 5 nitrogen and oxygen atoms in total. The number of fused-ring (bicyclic) bond motifs is 1. The Bertz CT molecular complexity index is 1510. The van der Waals surface area contributed by atoms with Crippen LogP contribution < -0.4 is 4.74 Å². The van der Waals surface area contributed by atoms with Crippen LogP contribution in [0.4, 0.5) is 5.69 Å². The highest BCUT2D eigenvalue weighted by Crippen LogP contribution is 2.31. The average Bonchev–Trinajstić information content (AvgIpc) is 3.27. The zero-order valence-corrected chi connectivity index (χ0v) is 20.0. The maximum atomic E-state index is 12.2. The number of ether oxygens (including phenoxy) is 1. The zero-order chi connectivity index (χ0) is 23.5. The lowest BCUT2D eigenvalue weighted by Gasteiger charge is -2.04. The molecule has 0 aliphatic carbocycles. The Morgan fingerprint density at radius 3 is 2.50 bits per heavy atom. The minimum atomic E-state index is -0.444. The molecule has 0 spiro atoms. The van der Waals surface area contributed by atoms with Gasteiger partial charge in [-0.25, -0.2) is 9.78 Å². The second kappa shape index (κ2) is 9.63. The molecule has 0 N–H and O–H groups in total. The van der Waals surface area contributed by atoms with Gasteiger partial charge in [-0.3, -0.25) is 4.99 Å². The number of nitrogens with zero attached hydrogens (tertiary/aromatic N) is 2. The van der Waals surface area contributed by atoms with E-state index in [9.17, 15) is 4.79 Å². The van der Waals surface area contributed by atoms with E-state index >= 15 is 0 Å². The lowest BCUT2D eigenvalue weighted by Crippen LogP contribution is -2.08. The second-order valence-corrected chi connectivity index (χ2v) is 8.67. The van der Waals surface area contributed by atoms with Crippen molar-refractivity contribution in [1.82, 2.24) is 4.98 Å². The molecule has 7 heteroatoms. The van der Waals surface area contributed by atoms with Gasteiger partial charge in [0, 0.05) is 15.7 Å². The molecule has 0 aliphatic rings. The van der Waals surface area contributed by atoms with Crippen LogP contribution in [0.1, 0.15) is 15.9 Å². The van der Waals surface area contributed by atoms with Crippen LogP contribution in [0.3, 0.4) is 0 Å². The number of carbonyl (C=O) groups is 1. The predicted molar refractivity (Wildman–Crippen MR) is 137 cm³/mol. The van der Waals surface area contributed by atoms with Crippen LogP contribution in [0.2, 0.25) is 5.02 Å². The first-order valence-electron chi connectivity index (χ1n) is 10.3. The number of aliphatic imine (C=N–C) groups is 1. The Labute approximate surface area is 208 Å². The third kappa shape index (κ3) is 4.93. The first-order chi connectivity index (χ1) is 16.5. The summed E-state index contributed by atoms with van der Waals surface area (Å²) in [5.41, 5.74) is 4.35. The third-order valence-electron chi connectivity index (χ3n) is 5.01. The first kappa shape index (κ1) is 22.1. The summed E-state index contributed by atoms with van der Waals surface area (Å²) in [6.07, 6.45) is 1.74. The molecule has 0 aliphatic heterocycles. The van der Waals surface area contributed by atoms with Gasteiger partial charge in [0.25, 0.3) is 0 Å². The van der Waals surface area contributed by atoms with Gasteiger partial charge in [-0.2, -0.15) is 0 Å². The Morgan fingerprint density at radius 2 is 1.74 bits per heavy atom. The van der Waals surface area contributed by atoms with Gasteiger partial charge in [0.1, 0.15) is 11.3 Å². The number of hydrogen-bond acceptors (Lipinski definition) is 5. The van der Waals surface area contributed by atoms with E-state index < -0.39 is 5.97 Å². The summed E-state index contributed by atoms with van der Waals surface area (Å²) < 4.78 is 12.2. The summed E-state index contributed by atoms with van der Waals surface area (Å²) in [4.78, 5) is 21.4. The predicted octanol–water partition coefficient (Wildman–Crippen LogP) is 7.88. The van der Waals surface area contributed by atoms with Crippen LogP contribution in [0.15, 0.2) is 105 Å². The summed E-state index contributed by atoms with van der Waals surface area (Å²) in [6, 6.07) is 27.0. The van der Waals surface area contributed by atoms with Crippen LogP contribution in [-0.2, 0) is 0 Å². The molecule has 0 unspecified atom stereocenters. The molecule has 0 saturated heterocycles. The van der Waals surface area contributed by atoms with Gasteiger partial charge in [0.15, 0.2) is 5.58 Å². The lowest BCUT2D eigenvalue weighted by molar-refractivity contribution is 0.0735. The van der Waals surface area contributed by atoms with Crippen molar-refractivity contribution in [3.05, 3.63) is 112 Å². The molecule has 34 heavy (non-hydrogen) atoms. The standard InChI is InChI=1S/C27H16BrClN2O3/c28-23-4-2-1-3-22(23)26-31-24-15-20(11-14-25(24)34-26)30-16-17-5-12-21(13-6-17)33-27(32)18-7-9-19(29)10-8-18/h1-16H. The van der Waals surface area contributed by atoms with Crippen molar-refractivity contribution in [2.75, 3.05) is 0 Å². The summed E-state index contributed by atoms with van der Waals surface area (Å²) in [6.45, 7) is 0. The fourth-order valence-electron chi connectivity index (χ4n) is 3.27. The van der Waals surface area contributed by atoms with Gasteiger partial charge in [0.05, 0.1) is 16.8 Å². The van der Waals surface area contributed by atoms with Gasteiger partial charge in [0.2, 0.25) is 5.89 Å². The largest absolute Gasteiger partial charge is 0.436 e. The third-order valence-corrected chi connectivity index (χ3v) is 5.95. The minimum absolute atomic E-state index is 0.432. The van der Waals surface area contributed by atoms with Crippen molar-refractivity contribution in [2.45, 2.75) is 0 Å². The van der Waals surface area contributed by atoms with Crippen LogP contribution >= 0.6 is 27.5 Å². The number of aromatic nitrogens is 1. The van der Waals surface area contributed by atoms with E-state index in [1.54, 1.807) is 42.6 Å². The summed E-state index contributed by atoms with van der Waals surface area (Å²) in [5, 5.41) is 0.563. The van der Waals surface area contributed by atoms with E-state index in [1.165, 1.54) is 0 Å². The highest BCUT2D eigenvalue weighted by atomic mass is 79.9. The molecule has 5 rings (SSSR count). The number of halogens is 2. The maximum Gasteiger partial charge on any atom is 0.343 e. The quantitative estimate of drug-likeness (QED) is 0.131. The smallest absolute Gasteiger partial charge is 0.343 e. The van der Waals surface area contributed by atoms with Crippen molar-refractivity contribution in [3.8, 4) is 17.2 Å². The zero-order valence-electron chi connectivity index (χ0n) is 17.6. The Balaban J connectivity index is 1.29. The molecule has 0 saturated carbocycles. The highest BCUT2D eigenvalue weighted by Gasteiger charge is 2.11. The van der Waals surface area contributed by atoms with Gasteiger partial charge in [-0.1, -0.05) is 23.7 Å². The number of oxazole rings is 1. The molecule has 166 valence electrons. The monoisotopic (exact) mass is 530 g/mol. The number of carbonyl (C=O) groups excluding carboxylic acids is 1. The fourth-order valence-corrected chi connectivity index (χ4v) is 3.85. The van der Waals surface area contributed by atoms with Crippen molar-refractivity contribution < 1.29 is 13.9 Å². The molecular formula is C27H16BrClN2O3. The summed E-state index contributed by atoms with van der Waals surface area (Å²) in [7, 11) is 0. The molecule has 0 fully saturated rings. The van der Waals surface area contributed by atoms with Crippen LogP contribution in [0, 0.1) is 0 Å². The Morgan fingerprint density at radius 1 is 0.971 bits per heavy atom. The molecule has 0 radical (unpaired) electrons. The highest BCUT2D eigenvalue weighted by molar-refractivity contribution is 9.10. The number of esters is 1. The molecular weight excluding hydrogens is 516 g/mol. The van der Waals surface area contributed by atoms with Crippen LogP contribution in [0.5, 0.6) is 5.75 Å². The number of hydrogen-bond donors (Lipinski definition) is 0. The van der Waals surface area contributed by atoms with Gasteiger partial charge in [-0.05, 0) is 100 Å². The lowest BCUT2D eigenvalue weighted by atomic mass is 10.2. The summed E-state index contributed by atoms with van der Waals surface area (Å²) >= 11 is 9.39. The first-order valence-corrected chi connectivity index (χ1v) is 11.5. The normalized spacial score (nSPS) is 11.2. The van der Waals surface area contributed by atoms with E-state index in [-0.39, 0.29) is 0 Å². The SMILES string of the molecule is O=C(Oc1ccc(C=Nc2ccc3oc(-c4ccccc4Br)nc3c2)cc1)c1ccc(Cl)cc1. The van der Waals surface area contributed by atoms with Crippen molar-refractivity contribution in [1.29, 1.82) is 0 Å². The van der Waals surface area contributed by atoms with Crippen LogP contribution in [-0.4, -0.2) is 17.2 Å². The Kier molecular flexibility index (Phi) is 6.25. The van der Waals surface area contributed by atoms with Gasteiger partial charge < -0.3 is 9.15 Å². The molecule has 1 heterocycles. The molecule has 0 amide bonds. The topological polar surface area (TPSA) is 64.7 Å². The number of benzene rings is 4. The van der Waals surface area contributed by atoms with Crippen LogP contribution in [0.25, 0.3) is 22.6 Å². The van der Waals surface area contributed by atoms with E-state index in [0.29, 0.717) is 27.8 Å². The number of rotatable bonds is 5. The van der Waals surface area contributed by atoms with Crippen molar-refractivity contribution in [2.24, 2.45) is 4.99 Å². The molecule has 5 aromatic rings. The average molecular weight is 532 g/mol. The maximum absolute atomic E-state index is 12.2. The van der Waals surface area contributed by atoms with E-state index in [0.717, 1.165) is 26.8 Å². The molecule has 4 aromatic carbocycles. The van der Waals surface area contributed by atoms with E-state index in [4.69, 9.17) is 20.8 Å². The van der Waals surface area contributed by atoms with E-state index in [1.807, 2.05) is 54.6 Å². The summed E-state index contributed by atoms with van der Waals surface area (Å²) in [5.74, 6) is 0.550. The molecule has 0 atom stereocenters. The molecule has 1 aromatic heterocycles. The van der Waals surface area contributed by atoms with Gasteiger partial charge >= 0.3 is 5.97 Å². The van der Waals surface area contributed by atoms with Crippen molar-refractivity contribution >= 4 is 56.5 Å². The Hall–Kier alpha value is -3.74. The molecule has 0 bridgehead atoms. The fraction of sp³-hybridized carbons (Fsp3) is 0. The second-order valence-electron chi connectivity index (χ2n) is 7.37. The van der Waals surface area contributed by atoms with Crippen molar-refractivity contribution in [3.63, 3.8) is 0 Å². The minimum Gasteiger partial charge on any atom is -0.436 e. The van der Waals surface area contributed by atoms with Gasteiger partial charge in [-0.15, -0.1) is 0 Å².